The Balaban J connectivity index is 1.61. The van der Waals surface area contributed by atoms with Gasteiger partial charge in [0.2, 0.25) is 11.2 Å². The van der Waals surface area contributed by atoms with Crippen LogP contribution in [0.3, 0.4) is 0 Å². The molecule has 1 amide bonds. The highest BCUT2D eigenvalue weighted by Crippen LogP contribution is 2.38. The molecule has 1 aromatic heterocycles. The second-order valence-corrected chi connectivity index (χ2v) is 7.23. The average Bonchev–Trinajstić information content (AvgIpc) is 2.84. The molecule has 0 atom stereocenters. The second kappa shape index (κ2) is 9.80. The van der Waals surface area contributed by atoms with Crippen LogP contribution in [0.25, 0.3) is 11.0 Å². The van der Waals surface area contributed by atoms with Crippen LogP contribution in [0.4, 0.5) is 18.9 Å². The first kappa shape index (κ1) is 23.7. The number of hydrogen-bond donors (Lipinski definition) is 1. The van der Waals surface area contributed by atoms with Crippen molar-refractivity contribution in [3.05, 3.63) is 88.8 Å². The monoisotopic (exact) mass is 485 g/mol. The molecule has 0 fully saturated rings. The zero-order valence-electron chi connectivity index (χ0n) is 18.2. The van der Waals surface area contributed by atoms with Crippen LogP contribution in [-0.4, -0.2) is 19.6 Å². The molecule has 0 saturated heterocycles. The summed E-state index contributed by atoms with van der Waals surface area (Å²) in [6.07, 6.45) is -5.01. The van der Waals surface area contributed by atoms with Gasteiger partial charge in [0.25, 0.3) is 11.7 Å². The molecular formula is C25H18F3NO6. The van der Waals surface area contributed by atoms with E-state index >= 15 is 0 Å². The Hall–Kier alpha value is -4.47. The minimum absolute atomic E-state index is 0.00710. The Kier molecular flexibility index (Phi) is 6.63. The molecule has 0 bridgehead atoms. The van der Waals surface area contributed by atoms with Crippen molar-refractivity contribution in [2.45, 2.75) is 6.18 Å². The number of amides is 1. The van der Waals surface area contributed by atoms with Crippen molar-refractivity contribution in [2.75, 3.05) is 19.0 Å². The number of alkyl halides is 3. The lowest BCUT2D eigenvalue weighted by Crippen LogP contribution is -2.20. The molecule has 0 unspecified atom stereocenters. The number of para-hydroxylation sites is 1. The number of fused-ring (bicyclic) bond motifs is 1. The topological polar surface area (TPSA) is 87.0 Å². The molecule has 0 saturated carbocycles. The van der Waals surface area contributed by atoms with E-state index in [4.69, 9.17) is 18.6 Å². The van der Waals surface area contributed by atoms with E-state index in [0.717, 1.165) is 6.07 Å². The van der Waals surface area contributed by atoms with Crippen LogP contribution in [-0.2, 0) is 11.0 Å². The second-order valence-electron chi connectivity index (χ2n) is 7.23. The largest absolute Gasteiger partial charge is 0.497 e. The van der Waals surface area contributed by atoms with E-state index in [9.17, 15) is 22.8 Å². The van der Waals surface area contributed by atoms with Crippen molar-refractivity contribution >= 4 is 22.6 Å². The minimum Gasteiger partial charge on any atom is -0.497 e. The number of rotatable bonds is 7. The highest BCUT2D eigenvalue weighted by Gasteiger charge is 2.40. The number of ether oxygens (including phenoxy) is 3. The molecule has 10 heteroatoms. The number of hydrogen-bond acceptors (Lipinski definition) is 6. The number of carbonyl (C=O) groups excluding carboxylic acids is 1. The maximum atomic E-state index is 13.7. The van der Waals surface area contributed by atoms with Crippen LogP contribution in [0, 0.1) is 0 Å². The smallest absolute Gasteiger partial charge is 0.453 e. The van der Waals surface area contributed by atoms with E-state index in [1.165, 1.54) is 43.5 Å². The van der Waals surface area contributed by atoms with E-state index in [0.29, 0.717) is 11.4 Å². The van der Waals surface area contributed by atoms with Gasteiger partial charge in [-0.25, -0.2) is 0 Å². The third kappa shape index (κ3) is 5.55. The number of halogens is 3. The molecular weight excluding hydrogens is 467 g/mol. The maximum Gasteiger partial charge on any atom is 0.453 e. The molecule has 3 aromatic carbocycles. The van der Waals surface area contributed by atoms with Crippen LogP contribution in [0.5, 0.6) is 23.0 Å². The van der Waals surface area contributed by atoms with Crippen LogP contribution < -0.4 is 25.0 Å². The van der Waals surface area contributed by atoms with Crippen molar-refractivity contribution in [3.8, 4) is 23.0 Å². The molecule has 1 heterocycles. The molecule has 4 rings (SSSR count). The van der Waals surface area contributed by atoms with Crippen LogP contribution in [0.15, 0.2) is 82.0 Å². The normalized spacial score (nSPS) is 11.2. The summed E-state index contributed by atoms with van der Waals surface area (Å²) in [5.74, 6) is -2.56. The SMILES string of the molecule is COc1ccc(Oc2c(C(F)(F)F)oc3cc(OCC(=O)Nc4ccccc4)ccc3c2=O)cc1. The van der Waals surface area contributed by atoms with Crippen LogP contribution in [0.1, 0.15) is 5.76 Å². The Morgan fingerprint density at radius 1 is 0.943 bits per heavy atom. The Morgan fingerprint density at radius 3 is 2.26 bits per heavy atom. The van der Waals surface area contributed by atoms with Crippen molar-refractivity contribution < 1.29 is 36.6 Å². The minimum atomic E-state index is -5.01. The fourth-order valence-electron chi connectivity index (χ4n) is 3.15. The highest BCUT2D eigenvalue weighted by atomic mass is 19.4. The highest BCUT2D eigenvalue weighted by molar-refractivity contribution is 5.91. The summed E-state index contributed by atoms with van der Waals surface area (Å²) in [6, 6.07) is 18.0. The van der Waals surface area contributed by atoms with Gasteiger partial charge in [0.15, 0.2) is 6.61 Å². The number of anilines is 1. The van der Waals surface area contributed by atoms with Gasteiger partial charge in [-0.05, 0) is 48.5 Å². The summed E-state index contributed by atoms with van der Waals surface area (Å²) in [5, 5.41) is 2.46. The number of benzene rings is 3. The molecule has 0 aliphatic heterocycles. The van der Waals surface area contributed by atoms with E-state index in [1.54, 1.807) is 30.3 Å². The first-order valence-corrected chi connectivity index (χ1v) is 10.2. The van der Waals surface area contributed by atoms with Gasteiger partial charge < -0.3 is 23.9 Å². The molecule has 35 heavy (non-hydrogen) atoms. The molecule has 0 aliphatic rings. The predicted molar refractivity (Wildman–Crippen MR) is 121 cm³/mol. The molecule has 1 N–H and O–H groups in total. The zero-order chi connectivity index (χ0) is 25.0. The van der Waals surface area contributed by atoms with E-state index in [-0.39, 0.29) is 22.5 Å². The Labute approximate surface area is 196 Å². The lowest BCUT2D eigenvalue weighted by molar-refractivity contribution is -0.154. The van der Waals surface area contributed by atoms with Gasteiger partial charge in [0, 0.05) is 11.8 Å². The summed E-state index contributed by atoms with van der Waals surface area (Å²) >= 11 is 0. The third-order valence-corrected chi connectivity index (χ3v) is 4.79. The quantitative estimate of drug-likeness (QED) is 0.365. The van der Waals surface area contributed by atoms with Gasteiger partial charge >= 0.3 is 6.18 Å². The van der Waals surface area contributed by atoms with Crippen LogP contribution >= 0.6 is 0 Å². The first-order valence-electron chi connectivity index (χ1n) is 10.2. The fraction of sp³-hybridized carbons (Fsp3) is 0.120. The standard InChI is InChI=1S/C25H18F3NO6/c1-32-16-7-9-17(10-8-16)34-23-22(31)19-12-11-18(13-20(19)35-24(23)25(26,27)28)33-14-21(30)29-15-5-3-2-4-6-15/h2-13H,14H2,1H3,(H,29,30). The first-order chi connectivity index (χ1) is 16.7. The fourth-order valence-corrected chi connectivity index (χ4v) is 3.15. The van der Waals surface area contributed by atoms with Crippen LogP contribution in [0.2, 0.25) is 0 Å². The van der Waals surface area contributed by atoms with Gasteiger partial charge in [-0.15, -0.1) is 0 Å². The van der Waals surface area contributed by atoms with E-state index < -0.39 is 35.6 Å². The molecule has 0 aliphatic carbocycles. The zero-order valence-corrected chi connectivity index (χ0v) is 18.2. The summed E-state index contributed by atoms with van der Waals surface area (Å²) in [7, 11) is 1.43. The summed E-state index contributed by atoms with van der Waals surface area (Å²) in [4.78, 5) is 25.0. The molecule has 0 spiro atoms. The van der Waals surface area contributed by atoms with Gasteiger partial charge in [0.05, 0.1) is 12.5 Å². The summed E-state index contributed by atoms with van der Waals surface area (Å²) in [5.41, 5.74) is -0.821. The van der Waals surface area contributed by atoms with Gasteiger partial charge in [-0.1, -0.05) is 18.2 Å². The third-order valence-electron chi connectivity index (χ3n) is 4.79. The average molecular weight is 485 g/mol. The van der Waals surface area contributed by atoms with Crippen molar-refractivity contribution in [3.63, 3.8) is 0 Å². The molecule has 7 nitrogen and oxygen atoms in total. The van der Waals surface area contributed by atoms with Crippen molar-refractivity contribution in [2.24, 2.45) is 0 Å². The predicted octanol–water partition coefficient (Wildman–Crippen LogP) is 5.63. The molecule has 4 aromatic rings. The van der Waals surface area contributed by atoms with Crippen molar-refractivity contribution in [1.82, 2.24) is 0 Å². The molecule has 0 radical (unpaired) electrons. The van der Waals surface area contributed by atoms with Gasteiger partial charge in [-0.2, -0.15) is 13.2 Å². The summed E-state index contributed by atoms with van der Waals surface area (Å²) < 4.78 is 61.8. The molecule has 180 valence electrons. The maximum absolute atomic E-state index is 13.7. The Bertz CT molecular complexity index is 1400. The Morgan fingerprint density at radius 2 is 1.60 bits per heavy atom. The van der Waals surface area contributed by atoms with Gasteiger partial charge in [0.1, 0.15) is 22.8 Å². The van der Waals surface area contributed by atoms with E-state index in [1.807, 2.05) is 0 Å². The van der Waals surface area contributed by atoms with Gasteiger partial charge in [-0.3, -0.25) is 9.59 Å². The summed E-state index contributed by atoms with van der Waals surface area (Å²) in [6.45, 7) is -0.407. The number of methoxy groups -OCH3 is 1. The lowest BCUT2D eigenvalue weighted by atomic mass is 10.2. The van der Waals surface area contributed by atoms with E-state index in [2.05, 4.69) is 5.32 Å². The van der Waals surface area contributed by atoms with Crippen molar-refractivity contribution in [1.29, 1.82) is 0 Å². The number of carbonyl (C=O) groups is 1. The number of nitrogens with one attached hydrogen (secondary N) is 1. The lowest BCUT2D eigenvalue weighted by Gasteiger charge is -2.14.